The minimum absolute atomic E-state index is 0. The van der Waals surface area contributed by atoms with Crippen LogP contribution < -0.4 is 5.73 Å². The molecule has 0 aliphatic rings. The zero-order valence-electron chi connectivity index (χ0n) is 7.40. The fourth-order valence-electron chi connectivity index (χ4n) is 0.951. The lowest BCUT2D eigenvalue weighted by molar-refractivity contribution is 0.833. The monoisotopic (exact) mass is 227 g/mol. The molecular weight excluding hydrogens is 210 g/mol. The van der Waals surface area contributed by atoms with Crippen LogP contribution in [0.5, 0.6) is 0 Å². The third-order valence-electron chi connectivity index (χ3n) is 1.51. The van der Waals surface area contributed by atoms with Crippen LogP contribution in [0, 0.1) is 0 Å². The summed E-state index contributed by atoms with van der Waals surface area (Å²) in [6, 6.07) is 10.4. The Bertz CT molecular complexity index is 241. The molecule has 0 saturated carbocycles. The second-order valence-corrected chi connectivity index (χ2v) is 3.13. The van der Waals surface area contributed by atoms with E-state index in [9.17, 15) is 0 Å². The lowest BCUT2D eigenvalue weighted by Crippen LogP contribution is -1.99. The number of aryl methyl sites for hydroxylation is 1. The molecule has 0 radical (unpaired) electrons. The zero-order chi connectivity index (χ0) is 9.94. The highest BCUT2D eigenvalue weighted by Crippen LogP contribution is 2.00. The highest BCUT2D eigenvalue weighted by molar-refractivity contribution is 7.93. The Morgan fingerprint density at radius 1 is 1.14 bits per heavy atom. The van der Waals surface area contributed by atoms with Crippen molar-refractivity contribution < 1.29 is 0 Å². The van der Waals surface area contributed by atoms with Crippen LogP contribution in [0.1, 0.15) is 19.4 Å². The van der Waals surface area contributed by atoms with Gasteiger partial charge >= 0.3 is 0 Å². The standard InChI is InChI=1S/C9H13N.CS2.CH4/c10-8-4-7-9-5-2-1-3-6-9;2-1-3;/h1-3,5-6H,4,7-8,10H2;;1H4. The molecule has 3 heteroatoms. The van der Waals surface area contributed by atoms with Gasteiger partial charge in [0, 0.05) is 4.31 Å². The number of hydrogen-bond acceptors (Lipinski definition) is 3. The lowest BCUT2D eigenvalue weighted by Gasteiger charge is -1.96. The van der Waals surface area contributed by atoms with Gasteiger partial charge in [-0.05, 0) is 49.4 Å². The average molecular weight is 227 g/mol. The Labute approximate surface area is 97.3 Å². The van der Waals surface area contributed by atoms with E-state index >= 15 is 0 Å². The van der Waals surface area contributed by atoms with Crippen molar-refractivity contribution in [2.75, 3.05) is 6.54 Å². The van der Waals surface area contributed by atoms with Crippen molar-refractivity contribution in [3.8, 4) is 0 Å². The first-order valence-corrected chi connectivity index (χ1v) is 4.90. The van der Waals surface area contributed by atoms with Crippen molar-refractivity contribution in [2.45, 2.75) is 20.3 Å². The SMILES string of the molecule is C.NCCCc1ccccc1.S=C=S. The second-order valence-electron chi connectivity index (χ2n) is 2.46. The van der Waals surface area contributed by atoms with E-state index in [-0.39, 0.29) is 7.43 Å². The Morgan fingerprint density at radius 2 is 1.64 bits per heavy atom. The quantitative estimate of drug-likeness (QED) is 0.803. The van der Waals surface area contributed by atoms with E-state index in [0.29, 0.717) is 0 Å². The van der Waals surface area contributed by atoms with Crippen LogP contribution >= 0.6 is 24.4 Å². The van der Waals surface area contributed by atoms with Crippen LogP contribution in [-0.4, -0.2) is 10.9 Å². The van der Waals surface area contributed by atoms with E-state index in [1.807, 2.05) is 10.4 Å². The smallest absolute Gasteiger partial charge is 0.0297 e. The van der Waals surface area contributed by atoms with Crippen LogP contribution in [0.4, 0.5) is 0 Å². The molecule has 0 heterocycles. The van der Waals surface area contributed by atoms with Gasteiger partial charge in [-0.3, -0.25) is 0 Å². The number of thiocarbonyl (C=S) groups is 2. The molecule has 0 saturated heterocycles. The molecule has 1 nitrogen and oxygen atoms in total. The van der Waals surface area contributed by atoms with Gasteiger partial charge in [0.2, 0.25) is 0 Å². The van der Waals surface area contributed by atoms with E-state index < -0.39 is 0 Å². The number of rotatable bonds is 3. The summed E-state index contributed by atoms with van der Waals surface area (Å²) in [6.07, 6.45) is 2.20. The summed E-state index contributed by atoms with van der Waals surface area (Å²) < 4.78 is 1.92. The molecular formula is C11H17NS2. The summed E-state index contributed by atoms with van der Waals surface area (Å²) in [7, 11) is 0. The molecule has 2 N–H and O–H groups in total. The van der Waals surface area contributed by atoms with Gasteiger partial charge in [-0.15, -0.1) is 0 Å². The predicted octanol–water partition coefficient (Wildman–Crippen LogP) is 3.23. The minimum Gasteiger partial charge on any atom is -0.330 e. The normalized spacial score (nSPS) is 7.50. The summed E-state index contributed by atoms with van der Waals surface area (Å²) in [6.45, 7) is 0.787. The topological polar surface area (TPSA) is 26.0 Å². The summed E-state index contributed by atoms with van der Waals surface area (Å²) >= 11 is 7.92. The van der Waals surface area contributed by atoms with Gasteiger partial charge < -0.3 is 5.73 Å². The number of hydrogen-bond donors (Lipinski definition) is 1. The fourth-order valence-corrected chi connectivity index (χ4v) is 0.951. The Balaban J connectivity index is 0. The van der Waals surface area contributed by atoms with Gasteiger partial charge in [-0.2, -0.15) is 0 Å². The van der Waals surface area contributed by atoms with Crippen molar-refractivity contribution in [1.29, 1.82) is 0 Å². The number of benzene rings is 1. The van der Waals surface area contributed by atoms with Gasteiger partial charge in [0.15, 0.2) is 0 Å². The summed E-state index contributed by atoms with van der Waals surface area (Å²) in [4.78, 5) is 0. The van der Waals surface area contributed by atoms with Crippen molar-refractivity contribution in [1.82, 2.24) is 0 Å². The van der Waals surface area contributed by atoms with E-state index in [2.05, 4.69) is 48.7 Å². The largest absolute Gasteiger partial charge is 0.330 e. The molecule has 0 aromatic heterocycles. The maximum Gasteiger partial charge on any atom is 0.0297 e. The van der Waals surface area contributed by atoms with Gasteiger partial charge in [-0.1, -0.05) is 37.8 Å². The van der Waals surface area contributed by atoms with Gasteiger partial charge in [0.05, 0.1) is 0 Å². The molecule has 1 rings (SSSR count). The van der Waals surface area contributed by atoms with Gasteiger partial charge in [0.25, 0.3) is 0 Å². The van der Waals surface area contributed by atoms with Gasteiger partial charge in [0.1, 0.15) is 0 Å². The van der Waals surface area contributed by atoms with Crippen LogP contribution in [0.3, 0.4) is 0 Å². The Kier molecular flexibility index (Phi) is 14.0. The average Bonchev–Trinajstić information content (AvgIpc) is 2.18. The predicted molar refractivity (Wildman–Crippen MR) is 70.7 cm³/mol. The molecule has 0 bridgehead atoms. The van der Waals surface area contributed by atoms with Crippen LogP contribution in [0.2, 0.25) is 0 Å². The Hall–Kier alpha value is -0.600. The van der Waals surface area contributed by atoms with Crippen molar-refractivity contribution in [3.05, 3.63) is 35.9 Å². The molecule has 0 aliphatic heterocycles. The maximum atomic E-state index is 5.38. The van der Waals surface area contributed by atoms with Crippen LogP contribution in [0.25, 0.3) is 0 Å². The molecule has 1 aromatic carbocycles. The first-order chi connectivity index (χ1) is 6.35. The zero-order valence-corrected chi connectivity index (χ0v) is 9.03. The highest BCUT2D eigenvalue weighted by atomic mass is 32.1. The summed E-state index contributed by atoms with van der Waals surface area (Å²) in [5, 5.41) is 0. The molecule has 1 aromatic rings. The fraction of sp³-hybridized carbons (Fsp3) is 0.364. The van der Waals surface area contributed by atoms with Crippen LogP contribution in [0.15, 0.2) is 30.3 Å². The summed E-state index contributed by atoms with van der Waals surface area (Å²) in [5.41, 5.74) is 6.76. The number of nitrogens with two attached hydrogens (primary N) is 1. The van der Waals surface area contributed by atoms with Crippen molar-refractivity contribution in [2.24, 2.45) is 5.73 Å². The third-order valence-corrected chi connectivity index (χ3v) is 1.51. The van der Waals surface area contributed by atoms with E-state index in [4.69, 9.17) is 5.73 Å². The Morgan fingerprint density at radius 3 is 2.07 bits per heavy atom. The molecule has 78 valence electrons. The van der Waals surface area contributed by atoms with Gasteiger partial charge in [-0.25, -0.2) is 0 Å². The summed E-state index contributed by atoms with van der Waals surface area (Å²) in [5.74, 6) is 0. The molecule has 0 amide bonds. The maximum absolute atomic E-state index is 5.38. The lowest BCUT2D eigenvalue weighted by atomic mass is 10.1. The van der Waals surface area contributed by atoms with E-state index in [1.165, 1.54) is 5.56 Å². The molecule has 0 aliphatic carbocycles. The first kappa shape index (κ1) is 15.9. The van der Waals surface area contributed by atoms with E-state index in [1.54, 1.807) is 0 Å². The molecule has 0 atom stereocenters. The third kappa shape index (κ3) is 9.49. The highest BCUT2D eigenvalue weighted by Gasteiger charge is 1.87. The van der Waals surface area contributed by atoms with Crippen molar-refractivity contribution >= 4 is 28.7 Å². The molecule has 0 spiro atoms. The van der Waals surface area contributed by atoms with Crippen molar-refractivity contribution in [3.63, 3.8) is 0 Å². The molecule has 0 unspecified atom stereocenters. The van der Waals surface area contributed by atoms with Crippen LogP contribution in [-0.2, 0) is 6.42 Å². The second kappa shape index (κ2) is 12.4. The molecule has 14 heavy (non-hydrogen) atoms. The van der Waals surface area contributed by atoms with E-state index in [0.717, 1.165) is 19.4 Å². The first-order valence-electron chi connectivity index (χ1n) is 4.08. The minimum atomic E-state index is 0. The molecule has 0 fully saturated rings.